The van der Waals surface area contributed by atoms with Crippen LogP contribution in [0.15, 0.2) is 78.2 Å². The molecular weight excluding hydrogens is 675 g/mol. The number of nitrogens with zero attached hydrogens (tertiary/aromatic N) is 3. The fraction of sp³-hybridized carbons (Fsp3) is 0.229. The zero-order chi connectivity index (χ0) is 35.1. The third-order valence-electron chi connectivity index (χ3n) is 7.86. The molecule has 2 saturated heterocycles. The van der Waals surface area contributed by atoms with Crippen molar-refractivity contribution in [3.05, 3.63) is 101 Å². The highest BCUT2D eigenvalue weighted by molar-refractivity contribution is 8.26. The van der Waals surface area contributed by atoms with Gasteiger partial charge >= 0.3 is 5.97 Å². The highest BCUT2D eigenvalue weighted by Crippen LogP contribution is 2.36. The number of hydrogen-bond donors (Lipinski definition) is 2. The number of benzene rings is 3. The van der Waals surface area contributed by atoms with Crippen molar-refractivity contribution in [2.75, 3.05) is 51.2 Å². The Balaban J connectivity index is 1.30. The minimum Gasteiger partial charge on any atom is -0.483 e. The maximum absolute atomic E-state index is 14.1. The van der Waals surface area contributed by atoms with E-state index >= 15 is 0 Å². The number of carboxylic acids is 1. The molecule has 49 heavy (non-hydrogen) atoms. The number of amides is 3. The number of thioether (sulfide) groups is 1. The molecule has 2 aliphatic rings. The monoisotopic (exact) mass is 706 g/mol. The van der Waals surface area contributed by atoms with Gasteiger partial charge in [0.15, 0.2) is 18.2 Å². The first kappa shape index (κ1) is 35.4. The Morgan fingerprint density at radius 1 is 0.980 bits per heavy atom. The van der Waals surface area contributed by atoms with E-state index in [0.29, 0.717) is 41.2 Å². The SMILES string of the molecule is C=CCN1CCN(C(=O)COc2ccc(-c3ccc(F)c(F)c3)cc2/C=C2\SC(=S)N(CCC(=O)Nc3ccc(C(=O)O)cc3)C2=O)CC1. The van der Waals surface area contributed by atoms with Crippen LogP contribution in [0.25, 0.3) is 17.2 Å². The van der Waals surface area contributed by atoms with Crippen molar-refractivity contribution in [3.63, 3.8) is 0 Å². The van der Waals surface area contributed by atoms with Gasteiger partial charge in [-0.25, -0.2) is 13.6 Å². The molecule has 3 amide bonds. The summed E-state index contributed by atoms with van der Waals surface area (Å²) in [5.41, 5.74) is 1.81. The van der Waals surface area contributed by atoms with Crippen LogP contribution < -0.4 is 10.1 Å². The molecule has 3 aromatic rings. The molecule has 14 heteroatoms. The molecule has 0 aromatic heterocycles. The van der Waals surface area contributed by atoms with Gasteiger partial charge in [0.05, 0.1) is 10.5 Å². The summed E-state index contributed by atoms with van der Waals surface area (Å²) >= 11 is 6.48. The molecule has 0 saturated carbocycles. The van der Waals surface area contributed by atoms with Crippen molar-refractivity contribution in [2.24, 2.45) is 0 Å². The predicted molar refractivity (Wildman–Crippen MR) is 187 cm³/mol. The third kappa shape index (κ3) is 8.96. The van der Waals surface area contributed by atoms with Gasteiger partial charge in [-0.1, -0.05) is 42.2 Å². The summed E-state index contributed by atoms with van der Waals surface area (Å²) in [4.78, 5) is 55.6. The number of hydrogen-bond acceptors (Lipinski definition) is 8. The van der Waals surface area contributed by atoms with Crippen LogP contribution in [0.3, 0.4) is 0 Å². The first-order valence-electron chi connectivity index (χ1n) is 15.2. The number of halogens is 2. The average Bonchev–Trinajstić information content (AvgIpc) is 3.35. The Kier molecular flexibility index (Phi) is 11.5. The highest BCUT2D eigenvalue weighted by atomic mass is 32.2. The number of rotatable bonds is 12. The lowest BCUT2D eigenvalue weighted by Crippen LogP contribution is -2.49. The lowest BCUT2D eigenvalue weighted by atomic mass is 10.0. The van der Waals surface area contributed by atoms with E-state index < -0.39 is 29.4 Å². The molecule has 5 rings (SSSR count). The molecule has 2 N–H and O–H groups in total. The third-order valence-corrected chi connectivity index (χ3v) is 9.24. The second-order valence-corrected chi connectivity index (χ2v) is 12.8. The van der Waals surface area contributed by atoms with Gasteiger partial charge in [-0.05, 0) is 65.7 Å². The van der Waals surface area contributed by atoms with E-state index in [-0.39, 0.29) is 40.3 Å². The zero-order valence-corrected chi connectivity index (χ0v) is 27.8. The van der Waals surface area contributed by atoms with Crippen LogP contribution in [-0.4, -0.2) is 93.7 Å². The van der Waals surface area contributed by atoms with Gasteiger partial charge in [0, 0.05) is 56.9 Å². The summed E-state index contributed by atoms with van der Waals surface area (Å²) in [5, 5.41) is 11.7. The zero-order valence-electron chi connectivity index (χ0n) is 26.2. The number of aromatic carboxylic acids is 1. The number of carboxylic acid groups (broad SMARTS) is 1. The summed E-state index contributed by atoms with van der Waals surface area (Å²) in [6.07, 6.45) is 3.30. The van der Waals surface area contributed by atoms with Crippen molar-refractivity contribution in [2.45, 2.75) is 6.42 Å². The smallest absolute Gasteiger partial charge is 0.335 e. The van der Waals surface area contributed by atoms with E-state index in [1.807, 2.05) is 6.08 Å². The van der Waals surface area contributed by atoms with Crippen molar-refractivity contribution < 1.29 is 37.8 Å². The lowest BCUT2D eigenvalue weighted by Gasteiger charge is -2.34. The normalized spacial score (nSPS) is 15.8. The van der Waals surface area contributed by atoms with E-state index in [1.54, 1.807) is 29.2 Å². The largest absolute Gasteiger partial charge is 0.483 e. The van der Waals surface area contributed by atoms with Crippen LogP contribution in [0.5, 0.6) is 5.75 Å². The number of nitrogens with one attached hydrogen (secondary N) is 1. The van der Waals surface area contributed by atoms with Crippen LogP contribution in [0.2, 0.25) is 0 Å². The molecule has 0 unspecified atom stereocenters. The summed E-state index contributed by atoms with van der Waals surface area (Å²) < 4.78 is 33.9. The molecule has 10 nitrogen and oxygen atoms in total. The molecule has 0 atom stereocenters. The van der Waals surface area contributed by atoms with Crippen molar-refractivity contribution in [3.8, 4) is 16.9 Å². The number of piperazine rings is 1. The first-order valence-corrected chi connectivity index (χ1v) is 16.5. The molecule has 0 spiro atoms. The van der Waals surface area contributed by atoms with Crippen LogP contribution in [0.4, 0.5) is 14.5 Å². The summed E-state index contributed by atoms with van der Waals surface area (Å²) in [5.74, 6) is -3.83. The molecule has 3 aromatic carbocycles. The van der Waals surface area contributed by atoms with E-state index in [9.17, 15) is 28.0 Å². The molecule has 2 heterocycles. The Morgan fingerprint density at radius 2 is 1.67 bits per heavy atom. The Labute approximate surface area is 291 Å². The van der Waals surface area contributed by atoms with Crippen molar-refractivity contribution in [1.82, 2.24) is 14.7 Å². The number of anilines is 1. The number of carbonyl (C=O) groups is 4. The topological polar surface area (TPSA) is 119 Å². The van der Waals surface area contributed by atoms with Gasteiger partial charge < -0.3 is 20.1 Å². The quantitative estimate of drug-likeness (QED) is 0.148. The lowest BCUT2D eigenvalue weighted by molar-refractivity contribution is -0.135. The summed E-state index contributed by atoms with van der Waals surface area (Å²) in [6.45, 7) is 6.78. The summed E-state index contributed by atoms with van der Waals surface area (Å²) in [7, 11) is 0. The predicted octanol–water partition coefficient (Wildman–Crippen LogP) is 5.27. The molecular formula is C35H32F2N4O6S2. The van der Waals surface area contributed by atoms with Gasteiger partial charge in [0.2, 0.25) is 5.91 Å². The fourth-order valence-electron chi connectivity index (χ4n) is 5.21. The molecule has 0 radical (unpaired) electrons. The highest BCUT2D eigenvalue weighted by Gasteiger charge is 2.32. The van der Waals surface area contributed by atoms with Gasteiger partial charge in [-0.3, -0.25) is 24.2 Å². The second kappa shape index (κ2) is 16.0. The minimum absolute atomic E-state index is 0.00608. The maximum Gasteiger partial charge on any atom is 0.335 e. The summed E-state index contributed by atoms with van der Waals surface area (Å²) in [6, 6.07) is 14.1. The van der Waals surface area contributed by atoms with Gasteiger partial charge in [-0.15, -0.1) is 6.58 Å². The van der Waals surface area contributed by atoms with Gasteiger partial charge in [0.25, 0.3) is 11.8 Å². The number of thiocarbonyl (C=S) groups is 1. The van der Waals surface area contributed by atoms with Crippen LogP contribution >= 0.6 is 24.0 Å². The van der Waals surface area contributed by atoms with Crippen LogP contribution in [0, 0.1) is 11.6 Å². The molecule has 2 aliphatic heterocycles. The van der Waals surface area contributed by atoms with E-state index in [1.165, 1.54) is 35.2 Å². The van der Waals surface area contributed by atoms with Crippen molar-refractivity contribution >= 4 is 63.8 Å². The first-order chi connectivity index (χ1) is 23.5. The van der Waals surface area contributed by atoms with Gasteiger partial charge in [-0.2, -0.15) is 0 Å². The average molecular weight is 707 g/mol. The Bertz CT molecular complexity index is 1830. The Morgan fingerprint density at radius 3 is 2.35 bits per heavy atom. The molecule has 0 bridgehead atoms. The number of ether oxygens (including phenoxy) is 1. The number of carbonyl (C=O) groups excluding carboxylic acids is 3. The van der Waals surface area contributed by atoms with E-state index in [4.69, 9.17) is 22.1 Å². The Hall–Kier alpha value is -4.92. The molecule has 254 valence electrons. The van der Waals surface area contributed by atoms with E-state index in [2.05, 4.69) is 16.8 Å². The van der Waals surface area contributed by atoms with Crippen molar-refractivity contribution in [1.29, 1.82) is 0 Å². The molecule has 2 fully saturated rings. The molecule has 0 aliphatic carbocycles. The maximum atomic E-state index is 14.1. The second-order valence-electron chi connectivity index (χ2n) is 11.2. The fourth-order valence-corrected chi connectivity index (χ4v) is 6.51. The minimum atomic E-state index is -1.09. The standard InChI is InChI=1S/C35H32F2N4O6S2/c1-2-12-39-14-16-40(17-15-39)32(43)21-47-29-10-6-23(24-5-9-27(36)28(37)19-24)18-25(29)20-30-33(44)41(35(48)49-30)13-11-31(42)38-26-7-3-22(4-8-26)34(45)46/h2-10,18-20H,1,11-17,21H2,(H,38,42)(H,45,46)/b30-20-. The van der Waals surface area contributed by atoms with Gasteiger partial charge in [0.1, 0.15) is 10.1 Å². The van der Waals surface area contributed by atoms with E-state index in [0.717, 1.165) is 43.5 Å². The van der Waals surface area contributed by atoms with Crippen LogP contribution in [0.1, 0.15) is 22.3 Å². The van der Waals surface area contributed by atoms with Crippen LogP contribution in [-0.2, 0) is 14.4 Å².